The van der Waals surface area contributed by atoms with E-state index in [0.717, 1.165) is 19.3 Å². The maximum Gasteiger partial charge on any atom is 0.248 e. The molecule has 0 spiro atoms. The van der Waals surface area contributed by atoms with E-state index >= 15 is 0 Å². The lowest BCUT2D eigenvalue weighted by Crippen LogP contribution is -2.22. The van der Waals surface area contributed by atoms with Crippen molar-refractivity contribution in [3.05, 3.63) is 75.6 Å². The van der Waals surface area contributed by atoms with E-state index in [-0.39, 0.29) is 17.2 Å². The molecule has 4 N–H and O–H groups in total. The van der Waals surface area contributed by atoms with E-state index in [1.807, 2.05) is 6.07 Å². The van der Waals surface area contributed by atoms with Gasteiger partial charge in [0.25, 0.3) is 0 Å². The van der Waals surface area contributed by atoms with Crippen LogP contribution in [0.15, 0.2) is 53.3 Å². The maximum absolute atomic E-state index is 11.6. The number of aliphatic hydroxyl groups excluding tert-OH is 1. The number of nitrogens with one attached hydrogen (secondary N) is 2. The number of amides is 1. The topological polar surface area (TPSA) is 102 Å². The number of carbonyl (C=O) groups excluding carboxylic acids is 1. The predicted octanol–water partition coefficient (Wildman–Crippen LogP) is 3.60. The molecule has 0 aliphatic carbocycles. The van der Waals surface area contributed by atoms with E-state index < -0.39 is 6.10 Å². The van der Waals surface area contributed by atoms with Gasteiger partial charge in [-0.2, -0.15) is 0 Å². The number of benzene rings is 2. The molecule has 0 aliphatic rings. The third-order valence-electron chi connectivity index (χ3n) is 5.56. The number of H-pyrrole nitrogens is 1. The minimum Gasteiger partial charge on any atom is -0.506 e. The second-order valence-corrected chi connectivity index (χ2v) is 8.24. The average molecular weight is 423 g/mol. The standard InChI is InChI=1S/C25H30N2O4/c1-16(14-19-5-3-4-18(15-19)12-13-26-17(2)28)6-9-22(29)20-7-10-23(30)25-21(20)8-11-24(31)27-25/h3-5,7-8,10-11,15-16,22,29-30H,6,9,12-14H2,1-2H3,(H,26,28)(H,27,31)/t16-,22-/m0/s1. The van der Waals surface area contributed by atoms with Gasteiger partial charge in [0, 0.05) is 24.9 Å². The number of aliphatic hydroxyl groups is 1. The Kier molecular flexibility index (Phi) is 7.47. The van der Waals surface area contributed by atoms with Crippen LogP contribution in [0, 0.1) is 5.92 Å². The first-order valence-electron chi connectivity index (χ1n) is 10.7. The Labute approximate surface area is 182 Å². The number of pyridine rings is 1. The largest absolute Gasteiger partial charge is 0.506 e. The molecule has 1 heterocycles. The highest BCUT2D eigenvalue weighted by Gasteiger charge is 2.15. The number of phenolic OH excluding ortho intramolecular Hbond substituents is 1. The Bertz CT molecular complexity index is 1110. The van der Waals surface area contributed by atoms with Gasteiger partial charge in [-0.15, -0.1) is 0 Å². The van der Waals surface area contributed by atoms with Crippen LogP contribution in [0.1, 0.15) is 49.5 Å². The second kappa shape index (κ2) is 10.3. The zero-order valence-corrected chi connectivity index (χ0v) is 18.0. The quantitative estimate of drug-likeness (QED) is 0.423. The fraction of sp³-hybridized carbons (Fsp3) is 0.360. The van der Waals surface area contributed by atoms with Gasteiger partial charge in [0.15, 0.2) is 0 Å². The number of aromatic amines is 1. The normalized spacial score (nSPS) is 13.1. The van der Waals surface area contributed by atoms with Crippen LogP contribution < -0.4 is 10.9 Å². The van der Waals surface area contributed by atoms with Gasteiger partial charge in [0.2, 0.25) is 11.5 Å². The van der Waals surface area contributed by atoms with Crippen molar-refractivity contribution < 1.29 is 15.0 Å². The molecule has 1 aromatic heterocycles. The molecule has 0 radical (unpaired) electrons. The Balaban J connectivity index is 1.59. The van der Waals surface area contributed by atoms with Crippen molar-refractivity contribution in [2.75, 3.05) is 6.54 Å². The van der Waals surface area contributed by atoms with Crippen LogP contribution in [0.3, 0.4) is 0 Å². The summed E-state index contributed by atoms with van der Waals surface area (Å²) in [5.74, 6) is 0.356. The van der Waals surface area contributed by atoms with Gasteiger partial charge in [-0.05, 0) is 60.4 Å². The fourth-order valence-corrected chi connectivity index (χ4v) is 3.95. The zero-order valence-electron chi connectivity index (χ0n) is 18.0. The molecular formula is C25H30N2O4. The molecule has 0 saturated carbocycles. The van der Waals surface area contributed by atoms with Gasteiger partial charge >= 0.3 is 0 Å². The van der Waals surface area contributed by atoms with E-state index in [2.05, 4.69) is 35.4 Å². The highest BCUT2D eigenvalue weighted by atomic mass is 16.3. The Hall–Kier alpha value is -3.12. The summed E-state index contributed by atoms with van der Waals surface area (Å²) in [5, 5.41) is 24.3. The number of hydrogen-bond acceptors (Lipinski definition) is 4. The summed E-state index contributed by atoms with van der Waals surface area (Å²) in [7, 11) is 0. The molecule has 2 atom stereocenters. The predicted molar refractivity (Wildman–Crippen MR) is 122 cm³/mol. The van der Waals surface area contributed by atoms with Crippen molar-refractivity contribution >= 4 is 16.8 Å². The number of phenols is 1. The summed E-state index contributed by atoms with van der Waals surface area (Å²) in [4.78, 5) is 25.2. The van der Waals surface area contributed by atoms with Crippen LogP contribution in [-0.2, 0) is 17.6 Å². The Morgan fingerprint density at radius 3 is 2.65 bits per heavy atom. The van der Waals surface area contributed by atoms with Gasteiger partial charge < -0.3 is 20.5 Å². The SMILES string of the molecule is CC(=O)NCCc1cccc(C[C@@H](C)CC[C@H](O)c2ccc(O)c3[nH]c(=O)ccc23)c1. The first kappa shape index (κ1) is 22.6. The molecule has 3 aromatic rings. The summed E-state index contributed by atoms with van der Waals surface area (Å²) in [6.45, 7) is 4.32. The molecule has 0 aliphatic heterocycles. The van der Waals surface area contributed by atoms with Crippen molar-refractivity contribution in [2.45, 2.75) is 45.6 Å². The molecular weight excluding hydrogens is 392 g/mol. The number of aromatic hydroxyl groups is 1. The summed E-state index contributed by atoms with van der Waals surface area (Å²) in [5.41, 5.74) is 3.21. The minimum atomic E-state index is -0.680. The zero-order chi connectivity index (χ0) is 22.4. The van der Waals surface area contributed by atoms with Crippen molar-refractivity contribution in [3.63, 3.8) is 0 Å². The number of aromatic nitrogens is 1. The summed E-state index contributed by atoms with van der Waals surface area (Å²) in [6, 6.07) is 14.7. The van der Waals surface area contributed by atoms with Crippen LogP contribution in [0.25, 0.3) is 10.9 Å². The van der Waals surface area contributed by atoms with Gasteiger partial charge in [0.05, 0.1) is 11.6 Å². The van der Waals surface area contributed by atoms with Crippen molar-refractivity contribution in [2.24, 2.45) is 5.92 Å². The lowest BCUT2D eigenvalue weighted by Gasteiger charge is -2.17. The monoisotopic (exact) mass is 422 g/mol. The molecule has 0 saturated heterocycles. The highest BCUT2D eigenvalue weighted by molar-refractivity contribution is 5.87. The first-order chi connectivity index (χ1) is 14.8. The molecule has 6 nitrogen and oxygen atoms in total. The fourth-order valence-electron chi connectivity index (χ4n) is 3.95. The van der Waals surface area contributed by atoms with E-state index in [4.69, 9.17) is 0 Å². The van der Waals surface area contributed by atoms with Crippen molar-refractivity contribution in [1.82, 2.24) is 10.3 Å². The van der Waals surface area contributed by atoms with Gasteiger partial charge in [0.1, 0.15) is 5.75 Å². The van der Waals surface area contributed by atoms with Gasteiger partial charge in [-0.3, -0.25) is 9.59 Å². The maximum atomic E-state index is 11.6. The summed E-state index contributed by atoms with van der Waals surface area (Å²) >= 11 is 0. The third kappa shape index (κ3) is 6.18. The van der Waals surface area contributed by atoms with Crippen LogP contribution in [0.5, 0.6) is 5.75 Å². The second-order valence-electron chi connectivity index (χ2n) is 8.24. The van der Waals surface area contributed by atoms with E-state index in [1.54, 1.807) is 12.1 Å². The van der Waals surface area contributed by atoms with E-state index in [0.29, 0.717) is 35.3 Å². The van der Waals surface area contributed by atoms with Gasteiger partial charge in [-0.25, -0.2) is 0 Å². The first-order valence-corrected chi connectivity index (χ1v) is 10.7. The van der Waals surface area contributed by atoms with Crippen LogP contribution in [0.2, 0.25) is 0 Å². The number of hydrogen-bond donors (Lipinski definition) is 4. The lowest BCUT2D eigenvalue weighted by molar-refractivity contribution is -0.118. The smallest absolute Gasteiger partial charge is 0.248 e. The summed E-state index contributed by atoms with van der Waals surface area (Å²) in [6.07, 6.45) is 2.45. The van der Waals surface area contributed by atoms with E-state index in [9.17, 15) is 19.8 Å². The molecule has 1 amide bonds. The van der Waals surface area contributed by atoms with Crippen LogP contribution in [-0.4, -0.2) is 27.6 Å². The molecule has 31 heavy (non-hydrogen) atoms. The molecule has 2 aromatic carbocycles. The van der Waals surface area contributed by atoms with Crippen LogP contribution >= 0.6 is 0 Å². The van der Waals surface area contributed by atoms with Crippen LogP contribution in [0.4, 0.5) is 0 Å². The molecule has 0 fully saturated rings. The molecule has 6 heteroatoms. The summed E-state index contributed by atoms with van der Waals surface area (Å²) < 4.78 is 0. The number of fused-ring (bicyclic) bond motifs is 1. The van der Waals surface area contributed by atoms with E-state index in [1.165, 1.54) is 30.2 Å². The minimum absolute atomic E-state index is 0.00426. The van der Waals surface area contributed by atoms with Gasteiger partial charge in [-0.1, -0.05) is 37.3 Å². The molecule has 3 rings (SSSR count). The molecule has 0 bridgehead atoms. The number of carbonyl (C=O) groups is 1. The highest BCUT2D eigenvalue weighted by Crippen LogP contribution is 2.31. The number of rotatable bonds is 9. The average Bonchev–Trinajstić information content (AvgIpc) is 2.73. The molecule has 0 unspecified atom stereocenters. The Morgan fingerprint density at radius 2 is 1.87 bits per heavy atom. The molecule has 164 valence electrons. The van der Waals surface area contributed by atoms with Crippen molar-refractivity contribution in [1.29, 1.82) is 0 Å². The lowest BCUT2D eigenvalue weighted by atomic mass is 9.92. The Morgan fingerprint density at radius 1 is 1.10 bits per heavy atom. The third-order valence-corrected chi connectivity index (χ3v) is 5.56. The van der Waals surface area contributed by atoms with Crippen molar-refractivity contribution in [3.8, 4) is 5.75 Å².